The molecular weight excluding hydrogens is 268 g/mol. The third-order valence-electron chi connectivity index (χ3n) is 4.23. The van der Waals surface area contributed by atoms with Crippen molar-refractivity contribution >= 4 is 16.0 Å². The number of hydrogen-bond acceptors (Lipinski definition) is 4. The second kappa shape index (κ2) is 5.76. The quantitative estimate of drug-likeness (QED) is 0.808. The second-order valence-corrected chi connectivity index (χ2v) is 7.52. The van der Waals surface area contributed by atoms with E-state index in [4.69, 9.17) is 0 Å². The number of sulfonamides is 1. The minimum Gasteiger partial charge on any atom is -0.480 e. The predicted octanol–water partition coefficient (Wildman–Crippen LogP) is 0.350. The van der Waals surface area contributed by atoms with Gasteiger partial charge >= 0.3 is 5.97 Å². The number of nitrogens with zero attached hydrogens (tertiary/aromatic N) is 2. The van der Waals surface area contributed by atoms with Crippen molar-refractivity contribution in [3.63, 3.8) is 0 Å². The van der Waals surface area contributed by atoms with Gasteiger partial charge in [0.1, 0.15) is 6.04 Å². The summed E-state index contributed by atoms with van der Waals surface area (Å²) in [6, 6.07) is -0.161. The van der Waals surface area contributed by atoms with Crippen LogP contribution in [0.4, 0.5) is 0 Å². The smallest absolute Gasteiger partial charge is 0.320 e. The molecule has 0 aromatic heterocycles. The van der Waals surface area contributed by atoms with Gasteiger partial charge in [-0.3, -0.25) is 9.69 Å². The number of aliphatic carboxylic acids is 1. The zero-order chi connectivity index (χ0) is 14.0. The summed E-state index contributed by atoms with van der Waals surface area (Å²) in [4.78, 5) is 13.2. The molecule has 2 saturated heterocycles. The molecule has 1 N–H and O–H groups in total. The van der Waals surface area contributed by atoms with Crippen molar-refractivity contribution in [1.82, 2.24) is 9.21 Å². The van der Waals surface area contributed by atoms with Gasteiger partial charge in [-0.15, -0.1) is 0 Å². The fourth-order valence-electron chi connectivity index (χ4n) is 3.13. The van der Waals surface area contributed by atoms with Gasteiger partial charge in [-0.05, 0) is 39.2 Å². The lowest BCUT2D eigenvalue weighted by Gasteiger charge is -2.37. The molecule has 0 aliphatic carbocycles. The van der Waals surface area contributed by atoms with Crippen molar-refractivity contribution in [2.45, 2.75) is 44.7 Å². The first-order chi connectivity index (χ1) is 8.95. The first-order valence-electron chi connectivity index (χ1n) is 6.92. The van der Waals surface area contributed by atoms with Crippen molar-refractivity contribution in [2.75, 3.05) is 25.4 Å². The van der Waals surface area contributed by atoms with Crippen LogP contribution >= 0.6 is 0 Å². The maximum atomic E-state index is 11.8. The molecule has 0 aromatic carbocycles. The average molecular weight is 290 g/mol. The third-order valence-corrected chi connectivity index (χ3v) is 6.11. The molecule has 6 nitrogen and oxygen atoms in total. The number of carbonyl (C=O) groups is 1. The number of carboxylic acid groups (broad SMARTS) is 1. The van der Waals surface area contributed by atoms with Crippen LogP contribution in [0.5, 0.6) is 0 Å². The van der Waals surface area contributed by atoms with Crippen LogP contribution in [0.25, 0.3) is 0 Å². The van der Waals surface area contributed by atoms with Crippen LogP contribution in [0.2, 0.25) is 0 Å². The SMILES string of the molecule is CCS(=O)(=O)N1CCC(N2CCCC2C(=O)O)CC1. The molecule has 0 saturated carbocycles. The summed E-state index contributed by atoms with van der Waals surface area (Å²) in [6.45, 7) is 3.51. The van der Waals surface area contributed by atoms with Gasteiger partial charge in [0, 0.05) is 19.1 Å². The van der Waals surface area contributed by atoms with Crippen LogP contribution in [-0.4, -0.2) is 66.2 Å². The zero-order valence-corrected chi connectivity index (χ0v) is 12.1. The average Bonchev–Trinajstić information content (AvgIpc) is 2.88. The van der Waals surface area contributed by atoms with Gasteiger partial charge in [0.05, 0.1) is 5.75 Å². The molecule has 0 amide bonds. The maximum Gasteiger partial charge on any atom is 0.320 e. The highest BCUT2D eigenvalue weighted by atomic mass is 32.2. The van der Waals surface area contributed by atoms with Gasteiger partial charge in [-0.25, -0.2) is 12.7 Å². The molecule has 0 radical (unpaired) electrons. The Morgan fingerprint density at radius 1 is 1.21 bits per heavy atom. The van der Waals surface area contributed by atoms with E-state index >= 15 is 0 Å². The molecule has 2 heterocycles. The summed E-state index contributed by atoms with van der Waals surface area (Å²) in [6.07, 6.45) is 3.11. The number of piperidine rings is 1. The lowest BCUT2D eigenvalue weighted by molar-refractivity contribution is -0.143. The summed E-state index contributed by atoms with van der Waals surface area (Å²) in [7, 11) is -3.10. The van der Waals surface area contributed by atoms with E-state index in [0.29, 0.717) is 19.5 Å². The molecule has 110 valence electrons. The fourth-order valence-corrected chi connectivity index (χ4v) is 4.26. The van der Waals surface area contributed by atoms with Crippen molar-refractivity contribution in [3.8, 4) is 0 Å². The molecule has 2 rings (SSSR count). The van der Waals surface area contributed by atoms with Crippen LogP contribution in [0.1, 0.15) is 32.6 Å². The van der Waals surface area contributed by atoms with Crippen LogP contribution < -0.4 is 0 Å². The Morgan fingerprint density at radius 2 is 1.84 bits per heavy atom. The lowest BCUT2D eigenvalue weighted by atomic mass is 10.0. The minimum atomic E-state index is -3.10. The molecule has 0 spiro atoms. The van der Waals surface area contributed by atoms with E-state index in [1.165, 1.54) is 4.31 Å². The maximum absolute atomic E-state index is 11.8. The Balaban J connectivity index is 1.95. The van der Waals surface area contributed by atoms with Crippen molar-refractivity contribution in [2.24, 2.45) is 0 Å². The monoisotopic (exact) mass is 290 g/mol. The van der Waals surface area contributed by atoms with E-state index in [2.05, 4.69) is 4.90 Å². The summed E-state index contributed by atoms with van der Waals surface area (Å²) < 4.78 is 25.1. The molecule has 1 atom stereocenters. The third kappa shape index (κ3) is 3.09. The Kier molecular flexibility index (Phi) is 4.47. The summed E-state index contributed by atoms with van der Waals surface area (Å²) in [5.41, 5.74) is 0. The zero-order valence-electron chi connectivity index (χ0n) is 11.3. The van der Waals surface area contributed by atoms with E-state index in [1.54, 1.807) is 6.92 Å². The second-order valence-electron chi connectivity index (χ2n) is 5.26. The highest BCUT2D eigenvalue weighted by Gasteiger charge is 2.37. The molecular formula is C12H22N2O4S. The number of hydrogen-bond donors (Lipinski definition) is 1. The van der Waals surface area contributed by atoms with E-state index in [1.807, 2.05) is 0 Å². The fraction of sp³-hybridized carbons (Fsp3) is 0.917. The van der Waals surface area contributed by atoms with Gasteiger partial charge in [-0.1, -0.05) is 0 Å². The van der Waals surface area contributed by atoms with Gasteiger partial charge < -0.3 is 5.11 Å². The van der Waals surface area contributed by atoms with E-state index in [-0.39, 0.29) is 17.8 Å². The van der Waals surface area contributed by atoms with E-state index < -0.39 is 16.0 Å². The van der Waals surface area contributed by atoms with Crippen molar-refractivity contribution < 1.29 is 18.3 Å². The Hall–Kier alpha value is -0.660. The normalized spacial score (nSPS) is 27.7. The number of likely N-dealkylation sites (tertiary alicyclic amines) is 1. The standard InChI is InChI=1S/C12H22N2O4S/c1-2-19(17,18)13-8-5-10(6-9-13)14-7-3-4-11(14)12(15)16/h10-11H,2-9H2,1H3,(H,15,16). The van der Waals surface area contributed by atoms with E-state index in [9.17, 15) is 18.3 Å². The van der Waals surface area contributed by atoms with Gasteiger partial charge in [0.15, 0.2) is 0 Å². The molecule has 2 fully saturated rings. The number of rotatable bonds is 4. The predicted molar refractivity (Wildman–Crippen MR) is 71.4 cm³/mol. The highest BCUT2D eigenvalue weighted by Crippen LogP contribution is 2.27. The summed E-state index contributed by atoms with van der Waals surface area (Å²) in [5.74, 6) is -0.611. The summed E-state index contributed by atoms with van der Waals surface area (Å²) >= 11 is 0. The molecule has 0 bridgehead atoms. The van der Waals surface area contributed by atoms with Crippen LogP contribution in [0, 0.1) is 0 Å². The lowest BCUT2D eigenvalue weighted by Crippen LogP contribution is -2.50. The molecule has 19 heavy (non-hydrogen) atoms. The van der Waals surface area contributed by atoms with Crippen LogP contribution in [0.3, 0.4) is 0 Å². The van der Waals surface area contributed by atoms with Gasteiger partial charge in [0.2, 0.25) is 10.0 Å². The summed E-state index contributed by atoms with van der Waals surface area (Å²) in [5, 5.41) is 9.19. The first-order valence-corrected chi connectivity index (χ1v) is 8.53. The molecule has 0 aromatic rings. The molecule has 2 aliphatic heterocycles. The molecule has 7 heteroatoms. The Bertz CT molecular complexity index is 429. The topological polar surface area (TPSA) is 77.9 Å². The van der Waals surface area contributed by atoms with Crippen molar-refractivity contribution in [1.29, 1.82) is 0 Å². The van der Waals surface area contributed by atoms with Crippen LogP contribution in [0.15, 0.2) is 0 Å². The van der Waals surface area contributed by atoms with Gasteiger partial charge in [-0.2, -0.15) is 0 Å². The molecule has 2 aliphatic rings. The largest absolute Gasteiger partial charge is 0.480 e. The highest BCUT2D eigenvalue weighted by molar-refractivity contribution is 7.89. The van der Waals surface area contributed by atoms with Crippen molar-refractivity contribution in [3.05, 3.63) is 0 Å². The number of carboxylic acids is 1. The Labute approximate surface area is 114 Å². The van der Waals surface area contributed by atoms with Crippen LogP contribution in [-0.2, 0) is 14.8 Å². The molecule has 1 unspecified atom stereocenters. The minimum absolute atomic E-state index is 0.138. The first kappa shape index (κ1) is 14.7. The van der Waals surface area contributed by atoms with Gasteiger partial charge in [0.25, 0.3) is 0 Å². The Morgan fingerprint density at radius 3 is 2.37 bits per heavy atom. The van der Waals surface area contributed by atoms with E-state index in [0.717, 1.165) is 25.8 Å².